The molecule has 0 amide bonds. The number of hydrogen-bond donors (Lipinski definition) is 1. The summed E-state index contributed by atoms with van der Waals surface area (Å²) in [6, 6.07) is 2.62. The van der Waals surface area contributed by atoms with Crippen LogP contribution in [-0.4, -0.2) is 7.05 Å². The topological polar surface area (TPSA) is 12.0 Å². The molecule has 0 spiro atoms. The van der Waals surface area contributed by atoms with Crippen LogP contribution < -0.4 is 5.32 Å². The second kappa shape index (κ2) is 6.34. The summed E-state index contributed by atoms with van der Waals surface area (Å²) < 4.78 is 55.6. The molecule has 0 aliphatic rings. The number of benzene rings is 2. The van der Waals surface area contributed by atoms with Crippen LogP contribution in [0, 0.1) is 23.3 Å². The van der Waals surface area contributed by atoms with Crippen LogP contribution in [0.25, 0.3) is 0 Å². The van der Waals surface area contributed by atoms with Crippen molar-refractivity contribution in [3.05, 3.63) is 68.2 Å². The third-order valence-electron chi connectivity index (χ3n) is 3.01. The lowest BCUT2D eigenvalue weighted by Gasteiger charge is -2.20. The summed E-state index contributed by atoms with van der Waals surface area (Å²) in [5.41, 5.74) is -0.650. The Morgan fingerprint density at radius 3 is 2.33 bits per heavy atom. The maximum absolute atomic E-state index is 14.1. The van der Waals surface area contributed by atoms with E-state index in [1.54, 1.807) is 0 Å². The van der Waals surface area contributed by atoms with Crippen molar-refractivity contribution in [2.45, 2.75) is 6.04 Å². The van der Waals surface area contributed by atoms with Crippen LogP contribution in [0.5, 0.6) is 0 Å². The van der Waals surface area contributed by atoms with E-state index in [9.17, 15) is 17.6 Å². The molecule has 112 valence electrons. The molecule has 0 bridgehead atoms. The van der Waals surface area contributed by atoms with Gasteiger partial charge in [0.05, 0.1) is 15.5 Å². The van der Waals surface area contributed by atoms with Gasteiger partial charge in [0.1, 0.15) is 23.3 Å². The first kappa shape index (κ1) is 16.3. The summed E-state index contributed by atoms with van der Waals surface area (Å²) in [6.45, 7) is 0. The number of hydrogen-bond acceptors (Lipinski definition) is 1. The minimum atomic E-state index is -1.20. The van der Waals surface area contributed by atoms with Crippen molar-refractivity contribution in [2.75, 3.05) is 7.05 Å². The van der Waals surface area contributed by atoms with E-state index in [2.05, 4.69) is 21.2 Å². The van der Waals surface area contributed by atoms with Gasteiger partial charge in [-0.3, -0.25) is 0 Å². The molecular weight excluding hydrogens is 374 g/mol. The van der Waals surface area contributed by atoms with Crippen LogP contribution in [0.4, 0.5) is 17.6 Å². The minimum absolute atomic E-state index is 0.0222. The maximum atomic E-state index is 14.1. The Balaban J connectivity index is 2.66. The quantitative estimate of drug-likeness (QED) is 0.584. The molecule has 0 saturated carbocycles. The Morgan fingerprint density at radius 2 is 1.71 bits per heavy atom. The van der Waals surface area contributed by atoms with Gasteiger partial charge >= 0.3 is 0 Å². The van der Waals surface area contributed by atoms with Gasteiger partial charge in [-0.15, -0.1) is 0 Å². The van der Waals surface area contributed by atoms with Crippen LogP contribution in [0.3, 0.4) is 0 Å². The molecule has 0 heterocycles. The smallest absolute Gasteiger partial charge is 0.145 e. The molecule has 0 aliphatic heterocycles. The van der Waals surface area contributed by atoms with Crippen LogP contribution >= 0.6 is 27.5 Å². The molecule has 2 rings (SSSR count). The number of halogens is 6. The van der Waals surface area contributed by atoms with Crippen molar-refractivity contribution >= 4 is 27.5 Å². The first-order chi connectivity index (χ1) is 9.86. The highest BCUT2D eigenvalue weighted by molar-refractivity contribution is 9.10. The van der Waals surface area contributed by atoms with E-state index >= 15 is 0 Å². The largest absolute Gasteiger partial charge is 0.309 e. The fourth-order valence-corrected chi connectivity index (χ4v) is 2.52. The van der Waals surface area contributed by atoms with Crippen molar-refractivity contribution < 1.29 is 17.6 Å². The molecule has 2 aromatic carbocycles. The summed E-state index contributed by atoms with van der Waals surface area (Å²) in [5, 5.41) is 2.18. The van der Waals surface area contributed by atoms with Crippen molar-refractivity contribution in [3.8, 4) is 0 Å². The molecule has 0 fully saturated rings. The van der Waals surface area contributed by atoms with Crippen molar-refractivity contribution in [1.82, 2.24) is 5.32 Å². The van der Waals surface area contributed by atoms with Gasteiger partial charge in [0, 0.05) is 11.1 Å². The van der Waals surface area contributed by atoms with E-state index in [0.717, 1.165) is 18.2 Å². The predicted molar refractivity (Wildman–Crippen MR) is 76.3 cm³/mol. The van der Waals surface area contributed by atoms with E-state index in [-0.39, 0.29) is 10.0 Å². The van der Waals surface area contributed by atoms with Crippen LogP contribution in [-0.2, 0) is 0 Å². The zero-order chi connectivity index (χ0) is 15.7. The van der Waals surface area contributed by atoms with Gasteiger partial charge in [0.2, 0.25) is 0 Å². The summed E-state index contributed by atoms with van der Waals surface area (Å²) in [4.78, 5) is 0. The monoisotopic (exact) mass is 381 g/mol. The van der Waals surface area contributed by atoms with Gasteiger partial charge in [-0.1, -0.05) is 11.6 Å². The lowest BCUT2D eigenvalue weighted by Crippen LogP contribution is -2.22. The van der Waals surface area contributed by atoms with Crippen LogP contribution in [0.1, 0.15) is 17.2 Å². The molecule has 2 aromatic rings. The Morgan fingerprint density at radius 1 is 1.05 bits per heavy atom. The van der Waals surface area contributed by atoms with E-state index in [1.165, 1.54) is 13.1 Å². The highest BCUT2D eigenvalue weighted by Gasteiger charge is 2.25. The van der Waals surface area contributed by atoms with Gasteiger partial charge in [0.25, 0.3) is 0 Å². The summed E-state index contributed by atoms with van der Waals surface area (Å²) in [5.74, 6) is -3.49. The number of rotatable bonds is 3. The molecule has 21 heavy (non-hydrogen) atoms. The zero-order valence-electron chi connectivity index (χ0n) is 10.7. The van der Waals surface area contributed by atoms with E-state index in [0.29, 0.717) is 0 Å². The molecule has 1 N–H and O–H groups in total. The third kappa shape index (κ3) is 3.07. The normalized spacial score (nSPS) is 12.5. The molecule has 0 radical (unpaired) electrons. The Labute approximate surface area is 132 Å². The van der Waals surface area contributed by atoms with Gasteiger partial charge in [-0.25, -0.2) is 17.6 Å². The fraction of sp³-hybridized carbons (Fsp3) is 0.143. The fourth-order valence-electron chi connectivity index (χ4n) is 2.02. The molecular formula is C14H9BrClF4N. The second-order valence-electron chi connectivity index (χ2n) is 4.27. The van der Waals surface area contributed by atoms with E-state index in [1.807, 2.05) is 0 Å². The van der Waals surface area contributed by atoms with Crippen molar-refractivity contribution in [1.29, 1.82) is 0 Å². The minimum Gasteiger partial charge on any atom is -0.309 e. The zero-order valence-corrected chi connectivity index (χ0v) is 13.0. The Bertz CT molecular complexity index is 693. The van der Waals surface area contributed by atoms with Gasteiger partial charge in [0.15, 0.2) is 0 Å². The predicted octanol–water partition coefficient (Wildman–Crippen LogP) is 4.97. The van der Waals surface area contributed by atoms with Crippen molar-refractivity contribution in [2.24, 2.45) is 0 Å². The SMILES string of the molecule is CNC(c1cc(F)c(Cl)cc1F)c1c(F)ccc(Br)c1F. The highest BCUT2D eigenvalue weighted by atomic mass is 79.9. The molecule has 0 aromatic heterocycles. The van der Waals surface area contributed by atoms with E-state index < -0.39 is 39.9 Å². The van der Waals surface area contributed by atoms with Gasteiger partial charge < -0.3 is 5.32 Å². The molecule has 1 unspecified atom stereocenters. The summed E-state index contributed by atoms with van der Waals surface area (Å²) in [7, 11) is 1.39. The third-order valence-corrected chi connectivity index (χ3v) is 3.91. The van der Waals surface area contributed by atoms with Crippen molar-refractivity contribution in [3.63, 3.8) is 0 Å². The van der Waals surface area contributed by atoms with Crippen LogP contribution in [0.15, 0.2) is 28.7 Å². The summed E-state index contributed by atoms with van der Waals surface area (Å²) in [6.07, 6.45) is 0. The first-order valence-electron chi connectivity index (χ1n) is 5.82. The highest BCUT2D eigenvalue weighted by Crippen LogP contribution is 2.33. The lowest BCUT2D eigenvalue weighted by atomic mass is 9.97. The Hall–Kier alpha value is -1.11. The van der Waals surface area contributed by atoms with Crippen LogP contribution in [0.2, 0.25) is 5.02 Å². The average Bonchev–Trinajstić information content (AvgIpc) is 2.44. The maximum Gasteiger partial charge on any atom is 0.145 e. The lowest BCUT2D eigenvalue weighted by molar-refractivity contribution is 0.501. The number of nitrogens with one attached hydrogen (secondary N) is 1. The molecule has 0 saturated heterocycles. The second-order valence-corrected chi connectivity index (χ2v) is 5.53. The molecule has 7 heteroatoms. The summed E-state index contributed by atoms with van der Waals surface area (Å²) >= 11 is 8.41. The van der Waals surface area contributed by atoms with Gasteiger partial charge in [-0.2, -0.15) is 0 Å². The Kier molecular flexibility index (Phi) is 4.91. The van der Waals surface area contributed by atoms with Gasteiger partial charge in [-0.05, 0) is 47.2 Å². The average molecular weight is 383 g/mol. The first-order valence-corrected chi connectivity index (χ1v) is 6.99. The molecule has 0 aliphatic carbocycles. The van der Waals surface area contributed by atoms with E-state index in [4.69, 9.17) is 11.6 Å². The standard InChI is InChI=1S/C14H9BrClF4N/c1-21-14(6-4-11(19)8(16)5-10(6)18)12-9(17)3-2-7(15)13(12)20/h2-5,14,21H,1H3. The molecule has 1 nitrogen and oxygen atoms in total. The molecule has 1 atom stereocenters.